The fraction of sp³-hybridized carbons (Fsp3) is 0.286. The molecule has 0 unspecified atom stereocenters. The number of aromatic nitrogens is 2. The van der Waals surface area contributed by atoms with E-state index >= 15 is 0 Å². The minimum Gasteiger partial charge on any atom is -0.337 e. The predicted molar refractivity (Wildman–Crippen MR) is 79.3 cm³/mol. The molecule has 0 radical (unpaired) electrons. The first-order chi connectivity index (χ1) is 10.1. The number of nitrogens with zero attached hydrogens (tertiary/aromatic N) is 3. The zero-order chi connectivity index (χ0) is 14.8. The summed E-state index contributed by atoms with van der Waals surface area (Å²) in [6.07, 6.45) is 3.23. The van der Waals surface area contributed by atoms with E-state index in [0.717, 1.165) is 5.69 Å². The quantitative estimate of drug-likeness (QED) is 0.937. The minimum atomic E-state index is -0.126. The number of pyridine rings is 1. The van der Waals surface area contributed by atoms with Gasteiger partial charge in [-0.3, -0.25) is 14.6 Å². The first-order valence-electron chi connectivity index (χ1n) is 6.56. The van der Waals surface area contributed by atoms with Crippen LogP contribution in [0.2, 0.25) is 0 Å². The van der Waals surface area contributed by atoms with Crippen molar-refractivity contribution in [3.05, 3.63) is 41.2 Å². The summed E-state index contributed by atoms with van der Waals surface area (Å²) in [6.45, 7) is 2.77. The van der Waals surface area contributed by atoms with Crippen molar-refractivity contribution in [2.24, 2.45) is 0 Å². The van der Waals surface area contributed by atoms with Crippen LogP contribution in [0.15, 0.2) is 29.9 Å². The highest BCUT2D eigenvalue weighted by molar-refractivity contribution is 7.13. The summed E-state index contributed by atoms with van der Waals surface area (Å²) >= 11 is 1.41. The molecule has 0 saturated carbocycles. The Hall–Kier alpha value is -2.28. The van der Waals surface area contributed by atoms with Crippen molar-refractivity contribution in [1.82, 2.24) is 14.9 Å². The van der Waals surface area contributed by atoms with E-state index in [-0.39, 0.29) is 17.7 Å². The van der Waals surface area contributed by atoms with E-state index in [2.05, 4.69) is 15.3 Å². The van der Waals surface area contributed by atoms with Gasteiger partial charge in [-0.1, -0.05) is 0 Å². The molecule has 0 aromatic carbocycles. The van der Waals surface area contributed by atoms with Gasteiger partial charge in [0, 0.05) is 49.3 Å². The average Bonchev–Trinajstić information content (AvgIpc) is 2.85. The van der Waals surface area contributed by atoms with Crippen LogP contribution in [0.3, 0.4) is 0 Å². The molecule has 1 aliphatic rings. The molecule has 6 nitrogen and oxygen atoms in total. The summed E-state index contributed by atoms with van der Waals surface area (Å²) in [6, 6.07) is 3.43. The standard InChI is InChI=1S/C14H14N4O2S/c1-9(19)16-14-17-12(8-21-14)11-6-18(7-11)13(20)10-2-4-15-5-3-10/h2-5,8,11H,6-7H2,1H3,(H,16,17,19). The van der Waals surface area contributed by atoms with E-state index in [1.165, 1.54) is 18.3 Å². The summed E-state index contributed by atoms with van der Waals surface area (Å²) < 4.78 is 0. The van der Waals surface area contributed by atoms with Crippen LogP contribution in [0.4, 0.5) is 5.13 Å². The Kier molecular flexibility index (Phi) is 3.66. The van der Waals surface area contributed by atoms with Crippen molar-refractivity contribution in [2.45, 2.75) is 12.8 Å². The highest BCUT2D eigenvalue weighted by atomic mass is 32.1. The van der Waals surface area contributed by atoms with Gasteiger partial charge in [-0.15, -0.1) is 11.3 Å². The molecule has 1 aliphatic heterocycles. The van der Waals surface area contributed by atoms with E-state index < -0.39 is 0 Å². The van der Waals surface area contributed by atoms with Crippen LogP contribution in [0.1, 0.15) is 28.9 Å². The fourth-order valence-corrected chi connectivity index (χ4v) is 3.03. The van der Waals surface area contributed by atoms with E-state index in [1.807, 2.05) is 5.38 Å². The number of thiazole rings is 1. The Balaban J connectivity index is 1.59. The number of carbonyl (C=O) groups is 2. The molecule has 2 amide bonds. The monoisotopic (exact) mass is 302 g/mol. The number of anilines is 1. The summed E-state index contributed by atoms with van der Waals surface area (Å²) in [7, 11) is 0. The molecule has 21 heavy (non-hydrogen) atoms. The average molecular weight is 302 g/mol. The summed E-state index contributed by atoms with van der Waals surface area (Å²) in [4.78, 5) is 33.2. The first-order valence-corrected chi connectivity index (χ1v) is 7.44. The lowest BCUT2D eigenvalue weighted by molar-refractivity contribution is -0.114. The predicted octanol–water partition coefficient (Wildman–Crippen LogP) is 1.74. The van der Waals surface area contributed by atoms with Crippen molar-refractivity contribution < 1.29 is 9.59 Å². The number of hydrogen-bond donors (Lipinski definition) is 1. The third-order valence-electron chi connectivity index (χ3n) is 3.32. The van der Waals surface area contributed by atoms with Gasteiger partial charge < -0.3 is 10.2 Å². The fourth-order valence-electron chi connectivity index (χ4n) is 2.19. The van der Waals surface area contributed by atoms with Crippen molar-refractivity contribution in [1.29, 1.82) is 0 Å². The summed E-state index contributed by atoms with van der Waals surface area (Å²) in [5, 5.41) is 5.21. The molecule has 3 rings (SSSR count). The van der Waals surface area contributed by atoms with Crippen molar-refractivity contribution in [2.75, 3.05) is 18.4 Å². The van der Waals surface area contributed by atoms with E-state index in [9.17, 15) is 9.59 Å². The zero-order valence-corrected chi connectivity index (χ0v) is 12.3. The van der Waals surface area contributed by atoms with Gasteiger partial charge in [0.15, 0.2) is 5.13 Å². The Morgan fingerprint density at radius 1 is 1.33 bits per heavy atom. The maximum atomic E-state index is 12.2. The summed E-state index contributed by atoms with van der Waals surface area (Å²) in [5.74, 6) is 0.138. The largest absolute Gasteiger partial charge is 0.337 e. The molecule has 1 N–H and O–H groups in total. The van der Waals surface area contributed by atoms with Gasteiger partial charge in [-0.25, -0.2) is 4.98 Å². The van der Waals surface area contributed by atoms with Gasteiger partial charge in [-0.2, -0.15) is 0 Å². The van der Waals surface area contributed by atoms with Gasteiger partial charge in [0.2, 0.25) is 5.91 Å². The Labute approximate surface area is 125 Å². The van der Waals surface area contributed by atoms with E-state index in [1.54, 1.807) is 29.4 Å². The number of amides is 2. The van der Waals surface area contributed by atoms with Gasteiger partial charge in [0.1, 0.15) is 0 Å². The van der Waals surface area contributed by atoms with Gasteiger partial charge in [-0.05, 0) is 12.1 Å². The van der Waals surface area contributed by atoms with Crippen LogP contribution < -0.4 is 5.32 Å². The first kappa shape index (κ1) is 13.7. The van der Waals surface area contributed by atoms with Crippen molar-refractivity contribution >= 4 is 28.3 Å². The Bertz CT molecular complexity index is 665. The molecule has 0 aliphatic carbocycles. The molecule has 0 atom stereocenters. The van der Waals surface area contributed by atoms with Crippen molar-refractivity contribution in [3.8, 4) is 0 Å². The van der Waals surface area contributed by atoms with Gasteiger partial charge in [0.25, 0.3) is 5.91 Å². The smallest absolute Gasteiger partial charge is 0.254 e. The number of rotatable bonds is 3. The van der Waals surface area contributed by atoms with Crippen LogP contribution >= 0.6 is 11.3 Å². The van der Waals surface area contributed by atoms with E-state index in [0.29, 0.717) is 23.8 Å². The lowest BCUT2D eigenvalue weighted by Gasteiger charge is -2.38. The normalized spacial score (nSPS) is 14.6. The zero-order valence-electron chi connectivity index (χ0n) is 11.4. The summed E-state index contributed by atoms with van der Waals surface area (Å²) in [5.41, 5.74) is 1.59. The third-order valence-corrected chi connectivity index (χ3v) is 4.10. The Morgan fingerprint density at radius 2 is 2.05 bits per heavy atom. The molecule has 0 spiro atoms. The van der Waals surface area contributed by atoms with Gasteiger partial charge >= 0.3 is 0 Å². The molecule has 7 heteroatoms. The van der Waals surface area contributed by atoms with Gasteiger partial charge in [0.05, 0.1) is 5.69 Å². The number of nitrogens with one attached hydrogen (secondary N) is 1. The topological polar surface area (TPSA) is 75.2 Å². The molecular formula is C14H14N4O2S. The van der Waals surface area contributed by atoms with E-state index in [4.69, 9.17) is 0 Å². The maximum absolute atomic E-state index is 12.2. The van der Waals surface area contributed by atoms with Crippen molar-refractivity contribution in [3.63, 3.8) is 0 Å². The molecule has 0 bridgehead atoms. The highest BCUT2D eigenvalue weighted by Gasteiger charge is 2.33. The highest BCUT2D eigenvalue weighted by Crippen LogP contribution is 2.30. The van der Waals surface area contributed by atoms with Crippen LogP contribution in [-0.2, 0) is 4.79 Å². The molecule has 1 fully saturated rings. The molecule has 108 valence electrons. The number of carbonyl (C=O) groups excluding carboxylic acids is 2. The lowest BCUT2D eigenvalue weighted by Crippen LogP contribution is -2.48. The van der Waals surface area contributed by atoms with Crippen LogP contribution in [0.25, 0.3) is 0 Å². The second kappa shape index (κ2) is 5.61. The second-order valence-electron chi connectivity index (χ2n) is 4.90. The van der Waals surface area contributed by atoms with Crippen LogP contribution in [0, 0.1) is 0 Å². The maximum Gasteiger partial charge on any atom is 0.254 e. The SMILES string of the molecule is CC(=O)Nc1nc(C2CN(C(=O)c3ccncc3)C2)cs1. The number of hydrogen-bond acceptors (Lipinski definition) is 5. The molecule has 2 aromatic rings. The third kappa shape index (κ3) is 2.92. The minimum absolute atomic E-state index is 0.0194. The molecule has 1 saturated heterocycles. The molecule has 2 aromatic heterocycles. The number of likely N-dealkylation sites (tertiary alicyclic amines) is 1. The molecule has 3 heterocycles. The lowest BCUT2D eigenvalue weighted by atomic mass is 9.96. The molecular weight excluding hydrogens is 288 g/mol. The second-order valence-corrected chi connectivity index (χ2v) is 5.76. The Morgan fingerprint density at radius 3 is 2.71 bits per heavy atom. The van der Waals surface area contributed by atoms with Crippen LogP contribution in [0.5, 0.6) is 0 Å². The van der Waals surface area contributed by atoms with Crippen LogP contribution in [-0.4, -0.2) is 39.8 Å².